The van der Waals surface area contributed by atoms with Gasteiger partial charge in [-0.15, -0.1) is 0 Å². The van der Waals surface area contributed by atoms with E-state index in [2.05, 4.69) is 12.2 Å². The summed E-state index contributed by atoms with van der Waals surface area (Å²) in [6.07, 6.45) is 7.55. The second kappa shape index (κ2) is 8.89. The third-order valence-electron chi connectivity index (χ3n) is 3.16. The highest BCUT2D eigenvalue weighted by Crippen LogP contribution is 2.12. The predicted octanol–water partition coefficient (Wildman–Crippen LogP) is 3.69. The van der Waals surface area contributed by atoms with E-state index in [0.717, 1.165) is 18.4 Å². The molecule has 1 N–H and O–H groups in total. The molecule has 1 aromatic rings. The highest BCUT2D eigenvalue weighted by molar-refractivity contribution is 5.91. The molecule has 1 amide bonds. The Labute approximate surface area is 125 Å². The number of benzene rings is 1. The summed E-state index contributed by atoms with van der Waals surface area (Å²) in [5.41, 5.74) is 0.801. The van der Waals surface area contributed by atoms with Crippen molar-refractivity contribution in [3.8, 4) is 0 Å². The van der Waals surface area contributed by atoms with Crippen molar-refractivity contribution in [2.24, 2.45) is 0 Å². The number of rotatable bonds is 8. The van der Waals surface area contributed by atoms with E-state index in [1.807, 2.05) is 6.92 Å². The molecule has 0 saturated heterocycles. The summed E-state index contributed by atoms with van der Waals surface area (Å²) in [4.78, 5) is 21.8. The molecule has 0 aliphatic carbocycles. The Balaban J connectivity index is 2.44. The average molecular weight is 290 g/mol. The highest BCUT2D eigenvalue weighted by Gasteiger charge is 2.05. The minimum absolute atomic E-state index is 0.0427. The van der Waals surface area contributed by atoms with E-state index >= 15 is 0 Å². The van der Waals surface area contributed by atoms with Crippen molar-refractivity contribution in [2.45, 2.75) is 45.6 Å². The first kappa shape index (κ1) is 16.9. The molecule has 0 saturated carbocycles. The number of non-ortho nitro benzene ring substituents is 1. The molecule has 0 spiro atoms. The summed E-state index contributed by atoms with van der Waals surface area (Å²) in [6, 6.07) is 6.24. The van der Waals surface area contributed by atoms with Crippen LogP contribution in [-0.2, 0) is 4.79 Å². The predicted molar refractivity (Wildman–Crippen MR) is 83.9 cm³/mol. The minimum atomic E-state index is -0.446. The summed E-state index contributed by atoms with van der Waals surface area (Å²) >= 11 is 0. The van der Waals surface area contributed by atoms with Crippen molar-refractivity contribution in [1.29, 1.82) is 0 Å². The summed E-state index contributed by atoms with van der Waals surface area (Å²) in [5.74, 6) is -0.141. The monoisotopic (exact) mass is 290 g/mol. The van der Waals surface area contributed by atoms with Crippen LogP contribution in [0, 0.1) is 10.1 Å². The van der Waals surface area contributed by atoms with Gasteiger partial charge >= 0.3 is 0 Å². The van der Waals surface area contributed by atoms with Crippen LogP contribution < -0.4 is 5.32 Å². The van der Waals surface area contributed by atoms with E-state index in [9.17, 15) is 14.9 Å². The van der Waals surface area contributed by atoms with Crippen molar-refractivity contribution < 1.29 is 9.72 Å². The van der Waals surface area contributed by atoms with Crippen LogP contribution in [0.25, 0.3) is 6.08 Å². The molecule has 1 rings (SSSR count). The molecule has 1 unspecified atom stereocenters. The highest BCUT2D eigenvalue weighted by atomic mass is 16.6. The number of hydrogen-bond donors (Lipinski definition) is 1. The van der Waals surface area contributed by atoms with E-state index in [0.29, 0.717) is 0 Å². The number of amides is 1. The maximum absolute atomic E-state index is 11.7. The first-order valence-corrected chi connectivity index (χ1v) is 7.26. The fourth-order valence-electron chi connectivity index (χ4n) is 1.94. The lowest BCUT2D eigenvalue weighted by molar-refractivity contribution is -0.384. The molecule has 0 aliphatic rings. The Morgan fingerprint density at radius 2 is 2.00 bits per heavy atom. The van der Waals surface area contributed by atoms with Gasteiger partial charge in [0.05, 0.1) is 4.92 Å². The van der Waals surface area contributed by atoms with Crippen LogP contribution in [0.4, 0.5) is 5.69 Å². The third-order valence-corrected chi connectivity index (χ3v) is 3.16. The number of nitro groups is 1. The van der Waals surface area contributed by atoms with Crippen molar-refractivity contribution in [1.82, 2.24) is 5.32 Å². The summed E-state index contributed by atoms with van der Waals surface area (Å²) in [7, 11) is 0. The van der Waals surface area contributed by atoms with Crippen LogP contribution in [0.5, 0.6) is 0 Å². The number of unbranched alkanes of at least 4 members (excludes halogenated alkanes) is 2. The molecule has 0 heterocycles. The lowest BCUT2D eigenvalue weighted by Crippen LogP contribution is -2.30. The van der Waals surface area contributed by atoms with Gasteiger partial charge in [0.2, 0.25) is 5.91 Å². The van der Waals surface area contributed by atoms with Crippen LogP contribution in [-0.4, -0.2) is 16.9 Å². The lowest BCUT2D eigenvalue weighted by atomic mass is 10.1. The summed E-state index contributed by atoms with van der Waals surface area (Å²) in [6.45, 7) is 4.14. The van der Waals surface area contributed by atoms with E-state index in [1.54, 1.807) is 18.2 Å². The van der Waals surface area contributed by atoms with Gasteiger partial charge in [0.25, 0.3) is 5.69 Å². The zero-order chi connectivity index (χ0) is 15.7. The Morgan fingerprint density at radius 1 is 1.33 bits per heavy atom. The molecule has 21 heavy (non-hydrogen) atoms. The quantitative estimate of drug-likeness (QED) is 0.343. The fourth-order valence-corrected chi connectivity index (χ4v) is 1.94. The zero-order valence-electron chi connectivity index (χ0n) is 12.5. The van der Waals surface area contributed by atoms with Gasteiger partial charge in [-0.05, 0) is 37.1 Å². The molecule has 1 aromatic carbocycles. The molecular formula is C16H22N2O3. The first-order chi connectivity index (χ1) is 10.0. The number of nitrogens with zero attached hydrogens (tertiary/aromatic N) is 1. The van der Waals surface area contributed by atoms with Crippen LogP contribution in [0.3, 0.4) is 0 Å². The van der Waals surface area contributed by atoms with Gasteiger partial charge in [-0.3, -0.25) is 14.9 Å². The number of hydrogen-bond acceptors (Lipinski definition) is 3. The van der Waals surface area contributed by atoms with Crippen LogP contribution in [0.2, 0.25) is 0 Å². The summed E-state index contributed by atoms with van der Waals surface area (Å²) < 4.78 is 0. The van der Waals surface area contributed by atoms with Gasteiger partial charge in [0, 0.05) is 24.3 Å². The average Bonchev–Trinajstić information content (AvgIpc) is 2.46. The molecule has 0 bridgehead atoms. The first-order valence-electron chi connectivity index (χ1n) is 7.26. The van der Waals surface area contributed by atoms with Gasteiger partial charge in [0.15, 0.2) is 0 Å². The van der Waals surface area contributed by atoms with Crippen LogP contribution in [0.1, 0.15) is 45.1 Å². The number of carbonyl (C=O) groups excluding carboxylic acids is 1. The molecule has 114 valence electrons. The Hall–Kier alpha value is -2.17. The standard InChI is InChI=1S/C16H22N2O3/c1-3-4-5-6-13(2)17-16(19)12-9-14-7-10-15(11-8-14)18(20)21/h7-13H,3-6H2,1-2H3,(H,17,19). The number of carbonyl (C=O) groups is 1. The van der Waals surface area contributed by atoms with Gasteiger partial charge in [-0.25, -0.2) is 0 Å². The number of nitro benzene ring substituents is 1. The van der Waals surface area contributed by atoms with E-state index in [-0.39, 0.29) is 17.6 Å². The van der Waals surface area contributed by atoms with Gasteiger partial charge in [0.1, 0.15) is 0 Å². The molecule has 5 nitrogen and oxygen atoms in total. The molecule has 0 aliphatic heterocycles. The van der Waals surface area contributed by atoms with E-state index < -0.39 is 4.92 Å². The lowest BCUT2D eigenvalue weighted by Gasteiger charge is -2.11. The molecular weight excluding hydrogens is 268 g/mol. The SMILES string of the molecule is CCCCCC(C)NC(=O)C=Cc1ccc([N+](=O)[O-])cc1. The largest absolute Gasteiger partial charge is 0.350 e. The second-order valence-electron chi connectivity index (χ2n) is 5.09. The second-order valence-corrected chi connectivity index (χ2v) is 5.09. The molecule has 0 aromatic heterocycles. The molecule has 0 radical (unpaired) electrons. The Morgan fingerprint density at radius 3 is 2.57 bits per heavy atom. The van der Waals surface area contributed by atoms with Crippen molar-refractivity contribution in [2.75, 3.05) is 0 Å². The maximum atomic E-state index is 11.7. The van der Waals surface area contributed by atoms with Gasteiger partial charge in [-0.1, -0.05) is 26.2 Å². The van der Waals surface area contributed by atoms with Crippen LogP contribution >= 0.6 is 0 Å². The van der Waals surface area contributed by atoms with Gasteiger partial charge in [-0.2, -0.15) is 0 Å². The van der Waals surface area contributed by atoms with E-state index in [4.69, 9.17) is 0 Å². The van der Waals surface area contributed by atoms with Crippen LogP contribution in [0.15, 0.2) is 30.3 Å². The normalized spacial score (nSPS) is 12.3. The third kappa shape index (κ3) is 6.70. The molecule has 1 atom stereocenters. The zero-order valence-corrected chi connectivity index (χ0v) is 12.5. The Kier molecular flexibility index (Phi) is 7.15. The fraction of sp³-hybridized carbons (Fsp3) is 0.438. The number of nitrogens with one attached hydrogen (secondary N) is 1. The summed E-state index contributed by atoms with van der Waals surface area (Å²) in [5, 5.41) is 13.4. The molecule has 0 fully saturated rings. The van der Waals surface area contributed by atoms with Crippen molar-refractivity contribution in [3.63, 3.8) is 0 Å². The minimum Gasteiger partial charge on any atom is -0.350 e. The van der Waals surface area contributed by atoms with Crippen molar-refractivity contribution in [3.05, 3.63) is 46.0 Å². The van der Waals surface area contributed by atoms with E-state index in [1.165, 1.54) is 31.1 Å². The Bertz CT molecular complexity index is 495. The topological polar surface area (TPSA) is 72.2 Å². The molecule has 5 heteroatoms. The smallest absolute Gasteiger partial charge is 0.269 e. The van der Waals surface area contributed by atoms with Gasteiger partial charge < -0.3 is 5.32 Å². The van der Waals surface area contributed by atoms with Crippen molar-refractivity contribution >= 4 is 17.7 Å². The maximum Gasteiger partial charge on any atom is 0.269 e.